The van der Waals surface area contributed by atoms with Crippen LogP contribution in [0.25, 0.3) is 0 Å². The Kier molecular flexibility index (Phi) is 24.0. The topological polar surface area (TPSA) is 0 Å². The molecule has 0 bridgehead atoms. The number of rotatable bonds is 22. The molecule has 1 radical (unpaired) electrons. The molecule has 0 saturated heterocycles. The summed E-state index contributed by atoms with van der Waals surface area (Å²) in [5.41, 5.74) is 0. The standard InChI is InChI=1S/C25H51/c1-3-5-7-9-11-13-15-17-19-21-23-25-24-22-20-18-16-14-12-10-8-6-4-2/h9H,3-8,10-25H2,1-2H3. The van der Waals surface area contributed by atoms with Crippen molar-refractivity contribution >= 4 is 0 Å². The summed E-state index contributed by atoms with van der Waals surface area (Å²) < 4.78 is 0. The molecule has 0 unspecified atom stereocenters. The number of hydrogen-bond acceptors (Lipinski definition) is 0. The van der Waals surface area contributed by atoms with Gasteiger partial charge in [-0.1, -0.05) is 155 Å². The lowest BCUT2D eigenvalue weighted by molar-refractivity contribution is 0.524. The fraction of sp³-hybridized carbons (Fsp3) is 0.960. The van der Waals surface area contributed by atoms with Gasteiger partial charge >= 0.3 is 0 Å². The molecule has 0 fully saturated rings. The molecule has 0 atom stereocenters. The van der Waals surface area contributed by atoms with Gasteiger partial charge in [0.05, 0.1) is 0 Å². The predicted octanol–water partition coefficient (Wildman–Crippen LogP) is 9.81. The molecule has 0 heterocycles. The lowest BCUT2D eigenvalue weighted by Gasteiger charge is -2.04. The van der Waals surface area contributed by atoms with E-state index in [0.29, 0.717) is 0 Å². The van der Waals surface area contributed by atoms with Crippen LogP contribution in [-0.2, 0) is 0 Å². The maximum absolute atomic E-state index is 2.51. The van der Waals surface area contributed by atoms with Crippen LogP contribution < -0.4 is 0 Å². The second kappa shape index (κ2) is 24.0. The van der Waals surface area contributed by atoms with Gasteiger partial charge in [0, 0.05) is 0 Å². The molecule has 0 N–H and O–H groups in total. The van der Waals surface area contributed by atoms with Crippen LogP contribution in [0.1, 0.15) is 155 Å². The lowest BCUT2D eigenvalue weighted by Crippen LogP contribution is -1.84. The SMILES string of the molecule is CCCC[CH]CCCCCCCCCCCCCCCCCCCC. The van der Waals surface area contributed by atoms with Gasteiger partial charge in [-0.3, -0.25) is 0 Å². The third kappa shape index (κ3) is 24.0. The van der Waals surface area contributed by atoms with Crippen molar-refractivity contribution in [3.05, 3.63) is 6.42 Å². The molecule has 0 saturated carbocycles. The van der Waals surface area contributed by atoms with Crippen molar-refractivity contribution in [3.8, 4) is 0 Å². The zero-order chi connectivity index (χ0) is 18.3. The van der Waals surface area contributed by atoms with Crippen LogP contribution in [0.4, 0.5) is 0 Å². The summed E-state index contributed by atoms with van der Waals surface area (Å²) >= 11 is 0. The minimum absolute atomic E-state index is 1.34. The second-order valence-corrected chi connectivity index (χ2v) is 8.23. The Labute approximate surface area is 161 Å². The minimum Gasteiger partial charge on any atom is -0.0654 e. The van der Waals surface area contributed by atoms with Crippen LogP contribution in [0.5, 0.6) is 0 Å². The van der Waals surface area contributed by atoms with E-state index in [-0.39, 0.29) is 0 Å². The average Bonchev–Trinajstić information content (AvgIpc) is 2.63. The molecule has 0 amide bonds. The maximum atomic E-state index is 2.51. The molecular weight excluding hydrogens is 300 g/mol. The van der Waals surface area contributed by atoms with Crippen molar-refractivity contribution in [1.29, 1.82) is 0 Å². The van der Waals surface area contributed by atoms with E-state index < -0.39 is 0 Å². The summed E-state index contributed by atoms with van der Waals surface area (Å²) in [6.45, 7) is 4.58. The van der Waals surface area contributed by atoms with Gasteiger partial charge in [-0.25, -0.2) is 0 Å². The normalized spacial score (nSPS) is 11.3. The molecule has 25 heavy (non-hydrogen) atoms. The Bertz CT molecular complexity index is 186. The fourth-order valence-corrected chi connectivity index (χ4v) is 3.68. The third-order valence-electron chi connectivity index (χ3n) is 5.52. The first-order valence-electron chi connectivity index (χ1n) is 12.2. The zero-order valence-electron chi connectivity index (χ0n) is 18.1. The molecule has 0 aliphatic rings. The van der Waals surface area contributed by atoms with Gasteiger partial charge in [0.15, 0.2) is 0 Å². The van der Waals surface area contributed by atoms with Crippen LogP contribution in [0.2, 0.25) is 0 Å². The Morgan fingerprint density at radius 1 is 0.320 bits per heavy atom. The van der Waals surface area contributed by atoms with Gasteiger partial charge in [-0.05, 0) is 6.42 Å². The molecule has 0 aromatic carbocycles. The first-order valence-corrected chi connectivity index (χ1v) is 12.2. The first kappa shape index (κ1) is 25.0. The van der Waals surface area contributed by atoms with E-state index in [1.807, 2.05) is 0 Å². The van der Waals surface area contributed by atoms with E-state index in [0.717, 1.165) is 0 Å². The van der Waals surface area contributed by atoms with Gasteiger partial charge in [0.25, 0.3) is 0 Å². The quantitative estimate of drug-likeness (QED) is 0.170. The van der Waals surface area contributed by atoms with Crippen molar-refractivity contribution in [2.75, 3.05) is 0 Å². The van der Waals surface area contributed by atoms with E-state index >= 15 is 0 Å². The van der Waals surface area contributed by atoms with Gasteiger partial charge in [0.2, 0.25) is 0 Å². The van der Waals surface area contributed by atoms with Crippen molar-refractivity contribution in [2.45, 2.75) is 155 Å². The third-order valence-corrected chi connectivity index (χ3v) is 5.52. The summed E-state index contributed by atoms with van der Waals surface area (Å²) in [7, 11) is 0. The van der Waals surface area contributed by atoms with Crippen molar-refractivity contribution in [2.24, 2.45) is 0 Å². The highest BCUT2D eigenvalue weighted by atomic mass is 14.0. The van der Waals surface area contributed by atoms with E-state index in [9.17, 15) is 0 Å². The van der Waals surface area contributed by atoms with Crippen molar-refractivity contribution < 1.29 is 0 Å². The summed E-state index contributed by atoms with van der Waals surface area (Å²) in [5, 5.41) is 0. The van der Waals surface area contributed by atoms with Crippen LogP contribution in [-0.4, -0.2) is 0 Å². The lowest BCUT2D eigenvalue weighted by atomic mass is 10.0. The molecule has 0 heteroatoms. The number of unbranched alkanes of at least 4 members (excludes halogenated alkanes) is 22. The van der Waals surface area contributed by atoms with Crippen LogP contribution in [0.15, 0.2) is 0 Å². The van der Waals surface area contributed by atoms with Gasteiger partial charge in [-0.15, -0.1) is 0 Å². The minimum atomic E-state index is 1.34. The Morgan fingerprint density at radius 3 is 0.960 bits per heavy atom. The highest BCUT2D eigenvalue weighted by Gasteiger charge is 1.95. The Morgan fingerprint density at radius 2 is 0.600 bits per heavy atom. The molecule has 151 valence electrons. The van der Waals surface area contributed by atoms with E-state index in [1.165, 1.54) is 141 Å². The van der Waals surface area contributed by atoms with Gasteiger partial charge < -0.3 is 0 Å². The fourth-order valence-electron chi connectivity index (χ4n) is 3.68. The summed E-state index contributed by atoms with van der Waals surface area (Å²) in [6.07, 6.45) is 34.4. The zero-order valence-corrected chi connectivity index (χ0v) is 18.1. The largest absolute Gasteiger partial charge is 0.0654 e. The van der Waals surface area contributed by atoms with Crippen LogP contribution in [0.3, 0.4) is 0 Å². The molecule has 0 nitrogen and oxygen atoms in total. The molecule has 0 aromatic rings. The van der Waals surface area contributed by atoms with Crippen LogP contribution in [0, 0.1) is 6.42 Å². The van der Waals surface area contributed by atoms with E-state index in [4.69, 9.17) is 0 Å². The van der Waals surface area contributed by atoms with Crippen molar-refractivity contribution in [1.82, 2.24) is 0 Å². The second-order valence-electron chi connectivity index (χ2n) is 8.23. The smallest absolute Gasteiger partial charge is 0.0386 e. The van der Waals surface area contributed by atoms with Crippen LogP contribution >= 0.6 is 0 Å². The van der Waals surface area contributed by atoms with Gasteiger partial charge in [-0.2, -0.15) is 0 Å². The number of hydrogen-bond donors (Lipinski definition) is 0. The molecular formula is C25H51. The Balaban J connectivity index is 2.94. The molecule has 0 rings (SSSR count). The summed E-state index contributed by atoms with van der Waals surface area (Å²) in [6, 6.07) is 0. The highest BCUT2D eigenvalue weighted by molar-refractivity contribution is 4.63. The van der Waals surface area contributed by atoms with E-state index in [2.05, 4.69) is 20.3 Å². The van der Waals surface area contributed by atoms with Gasteiger partial charge in [0.1, 0.15) is 0 Å². The average molecular weight is 352 g/mol. The monoisotopic (exact) mass is 351 g/mol. The Hall–Kier alpha value is 0. The predicted molar refractivity (Wildman–Crippen MR) is 117 cm³/mol. The maximum Gasteiger partial charge on any atom is -0.0386 e. The molecule has 0 aliphatic carbocycles. The summed E-state index contributed by atoms with van der Waals surface area (Å²) in [5.74, 6) is 0. The molecule has 0 spiro atoms. The first-order chi connectivity index (χ1) is 12.4. The summed E-state index contributed by atoms with van der Waals surface area (Å²) in [4.78, 5) is 0. The van der Waals surface area contributed by atoms with Crippen molar-refractivity contribution in [3.63, 3.8) is 0 Å². The molecule has 0 aromatic heterocycles. The van der Waals surface area contributed by atoms with E-state index in [1.54, 1.807) is 0 Å². The molecule has 0 aliphatic heterocycles. The highest BCUT2D eigenvalue weighted by Crippen LogP contribution is 2.15.